The molecule has 0 aliphatic heterocycles. The van der Waals surface area contributed by atoms with Gasteiger partial charge in [0.1, 0.15) is 5.82 Å². The van der Waals surface area contributed by atoms with Gasteiger partial charge in [0.15, 0.2) is 6.10 Å². The molecule has 6 heteroatoms. The van der Waals surface area contributed by atoms with Gasteiger partial charge in [0, 0.05) is 10.6 Å². The Labute approximate surface area is 138 Å². The molecule has 2 aromatic carbocycles. The Balaban J connectivity index is 2.04. The van der Waals surface area contributed by atoms with Crippen LogP contribution in [0, 0.1) is 5.82 Å². The van der Waals surface area contributed by atoms with Crippen molar-refractivity contribution in [3.63, 3.8) is 0 Å². The third kappa shape index (κ3) is 4.28. The van der Waals surface area contributed by atoms with E-state index in [0.717, 1.165) is 0 Å². The van der Waals surface area contributed by atoms with Crippen LogP contribution in [0.2, 0.25) is 5.02 Å². The number of benzene rings is 2. The number of aliphatic hydroxyl groups excluding tert-OH is 2. The van der Waals surface area contributed by atoms with E-state index in [2.05, 4.69) is 5.32 Å². The van der Waals surface area contributed by atoms with E-state index in [-0.39, 0.29) is 10.6 Å². The summed E-state index contributed by atoms with van der Waals surface area (Å²) in [5, 5.41) is 23.1. The van der Waals surface area contributed by atoms with Crippen LogP contribution in [0.1, 0.15) is 30.3 Å². The zero-order valence-corrected chi connectivity index (χ0v) is 13.2. The largest absolute Gasteiger partial charge is 0.386 e. The molecule has 122 valence electrons. The molecule has 0 saturated carbocycles. The Morgan fingerprint density at radius 3 is 2.35 bits per heavy atom. The van der Waals surface area contributed by atoms with Gasteiger partial charge in [-0.25, -0.2) is 4.39 Å². The Bertz CT molecular complexity index is 678. The quantitative estimate of drug-likeness (QED) is 0.785. The first-order valence-electron chi connectivity index (χ1n) is 7.06. The van der Waals surface area contributed by atoms with Crippen molar-refractivity contribution in [1.29, 1.82) is 0 Å². The Morgan fingerprint density at radius 1 is 1.13 bits per heavy atom. The predicted molar refractivity (Wildman–Crippen MR) is 85.4 cm³/mol. The van der Waals surface area contributed by atoms with Crippen molar-refractivity contribution < 1.29 is 19.4 Å². The van der Waals surface area contributed by atoms with E-state index in [0.29, 0.717) is 5.56 Å². The first-order valence-corrected chi connectivity index (χ1v) is 7.44. The summed E-state index contributed by atoms with van der Waals surface area (Å²) in [5.74, 6) is -1.08. The number of halogens is 2. The van der Waals surface area contributed by atoms with Gasteiger partial charge in [0.25, 0.3) is 5.91 Å². The molecule has 0 aliphatic rings. The minimum Gasteiger partial charge on any atom is -0.386 e. The first kappa shape index (κ1) is 17.4. The number of aliphatic hydroxyl groups is 2. The predicted octanol–water partition coefficient (Wildman–Crippen LogP) is 2.75. The molecule has 0 spiro atoms. The molecule has 1 amide bonds. The average Bonchev–Trinajstić information content (AvgIpc) is 2.54. The second-order valence-electron chi connectivity index (χ2n) is 5.22. The normalized spacial score (nSPS) is 14.8. The topological polar surface area (TPSA) is 69.6 Å². The van der Waals surface area contributed by atoms with E-state index < -0.39 is 30.0 Å². The molecule has 0 aromatic heterocycles. The van der Waals surface area contributed by atoms with Crippen LogP contribution in [0.15, 0.2) is 48.5 Å². The summed E-state index contributed by atoms with van der Waals surface area (Å²) in [6.07, 6.45) is -2.47. The summed E-state index contributed by atoms with van der Waals surface area (Å²) in [6.45, 7) is 1.59. The SMILES string of the molecule is C[C@H](NC(=O)[C@H](O)c1ccccc1Cl)[C@H](O)c1ccc(F)cc1. The molecule has 0 unspecified atom stereocenters. The maximum atomic E-state index is 12.9. The maximum absolute atomic E-state index is 12.9. The van der Waals surface area contributed by atoms with E-state index >= 15 is 0 Å². The summed E-state index contributed by atoms with van der Waals surface area (Å²) in [4.78, 5) is 12.1. The van der Waals surface area contributed by atoms with Crippen LogP contribution in [0.4, 0.5) is 4.39 Å². The van der Waals surface area contributed by atoms with Gasteiger partial charge in [-0.1, -0.05) is 41.9 Å². The second-order valence-corrected chi connectivity index (χ2v) is 5.62. The highest BCUT2D eigenvalue weighted by Crippen LogP contribution is 2.23. The molecule has 3 N–H and O–H groups in total. The fourth-order valence-corrected chi connectivity index (χ4v) is 2.41. The number of carbonyl (C=O) groups is 1. The number of nitrogens with one attached hydrogen (secondary N) is 1. The molecule has 2 aromatic rings. The number of rotatable bonds is 5. The summed E-state index contributed by atoms with van der Waals surface area (Å²) in [7, 11) is 0. The Morgan fingerprint density at radius 2 is 1.74 bits per heavy atom. The molecular formula is C17H17ClFNO3. The molecule has 0 heterocycles. The lowest BCUT2D eigenvalue weighted by atomic mass is 10.0. The van der Waals surface area contributed by atoms with E-state index in [1.54, 1.807) is 31.2 Å². The van der Waals surface area contributed by atoms with Gasteiger partial charge in [0.2, 0.25) is 0 Å². The van der Waals surface area contributed by atoms with E-state index in [1.165, 1.54) is 24.3 Å². The molecule has 2 rings (SSSR count). The smallest absolute Gasteiger partial charge is 0.253 e. The number of hydrogen-bond donors (Lipinski definition) is 3. The molecule has 0 aliphatic carbocycles. The molecule has 0 bridgehead atoms. The number of amides is 1. The van der Waals surface area contributed by atoms with Crippen molar-refractivity contribution >= 4 is 17.5 Å². The fourth-order valence-electron chi connectivity index (χ4n) is 2.17. The molecule has 23 heavy (non-hydrogen) atoms. The lowest BCUT2D eigenvalue weighted by Gasteiger charge is -2.22. The number of hydrogen-bond acceptors (Lipinski definition) is 3. The third-order valence-electron chi connectivity index (χ3n) is 3.50. The Hall–Kier alpha value is -1.95. The minimum atomic E-state index is -1.44. The van der Waals surface area contributed by atoms with Crippen molar-refractivity contribution in [3.05, 3.63) is 70.5 Å². The second kappa shape index (κ2) is 7.55. The van der Waals surface area contributed by atoms with Crippen LogP contribution in [-0.2, 0) is 4.79 Å². The van der Waals surface area contributed by atoms with Crippen molar-refractivity contribution in [2.45, 2.75) is 25.2 Å². The van der Waals surface area contributed by atoms with Gasteiger partial charge in [-0.15, -0.1) is 0 Å². The molecular weight excluding hydrogens is 321 g/mol. The molecule has 0 fully saturated rings. The summed E-state index contributed by atoms with van der Waals surface area (Å²) >= 11 is 5.95. The highest BCUT2D eigenvalue weighted by Gasteiger charge is 2.24. The summed E-state index contributed by atoms with van der Waals surface area (Å²) in [5.41, 5.74) is 0.751. The highest BCUT2D eigenvalue weighted by atomic mass is 35.5. The molecule has 0 saturated heterocycles. The number of carbonyl (C=O) groups excluding carboxylic acids is 1. The van der Waals surface area contributed by atoms with Crippen LogP contribution in [-0.4, -0.2) is 22.2 Å². The minimum absolute atomic E-state index is 0.280. The van der Waals surface area contributed by atoms with Crippen LogP contribution >= 0.6 is 11.6 Å². The van der Waals surface area contributed by atoms with Crippen LogP contribution < -0.4 is 5.32 Å². The summed E-state index contributed by atoms with van der Waals surface area (Å²) < 4.78 is 12.9. The van der Waals surface area contributed by atoms with Crippen molar-refractivity contribution in [3.8, 4) is 0 Å². The third-order valence-corrected chi connectivity index (χ3v) is 3.85. The van der Waals surface area contributed by atoms with Gasteiger partial charge in [-0.2, -0.15) is 0 Å². The van der Waals surface area contributed by atoms with E-state index in [1.807, 2.05) is 0 Å². The van der Waals surface area contributed by atoms with Gasteiger partial charge < -0.3 is 15.5 Å². The summed E-state index contributed by atoms with van der Waals surface area (Å²) in [6, 6.07) is 11.1. The maximum Gasteiger partial charge on any atom is 0.253 e. The lowest BCUT2D eigenvalue weighted by molar-refractivity contribution is -0.131. The monoisotopic (exact) mass is 337 g/mol. The van der Waals surface area contributed by atoms with Crippen molar-refractivity contribution in [1.82, 2.24) is 5.32 Å². The Kier molecular flexibility index (Phi) is 5.71. The zero-order chi connectivity index (χ0) is 17.0. The average molecular weight is 338 g/mol. The lowest BCUT2D eigenvalue weighted by Crippen LogP contribution is -2.40. The molecule has 0 radical (unpaired) electrons. The zero-order valence-electron chi connectivity index (χ0n) is 12.4. The fraction of sp³-hybridized carbons (Fsp3) is 0.235. The van der Waals surface area contributed by atoms with Crippen molar-refractivity contribution in [2.24, 2.45) is 0 Å². The van der Waals surface area contributed by atoms with Gasteiger partial charge in [-0.05, 0) is 30.7 Å². The van der Waals surface area contributed by atoms with Gasteiger partial charge in [0.05, 0.1) is 12.1 Å². The molecule has 4 nitrogen and oxygen atoms in total. The van der Waals surface area contributed by atoms with Gasteiger partial charge in [-0.3, -0.25) is 4.79 Å². The highest BCUT2D eigenvalue weighted by molar-refractivity contribution is 6.31. The van der Waals surface area contributed by atoms with Crippen molar-refractivity contribution in [2.75, 3.05) is 0 Å². The van der Waals surface area contributed by atoms with Crippen LogP contribution in [0.5, 0.6) is 0 Å². The van der Waals surface area contributed by atoms with E-state index in [9.17, 15) is 19.4 Å². The van der Waals surface area contributed by atoms with Crippen LogP contribution in [0.3, 0.4) is 0 Å². The van der Waals surface area contributed by atoms with Gasteiger partial charge >= 0.3 is 0 Å². The molecule has 3 atom stereocenters. The van der Waals surface area contributed by atoms with E-state index in [4.69, 9.17) is 11.6 Å². The first-order chi connectivity index (χ1) is 10.9. The standard InChI is InChI=1S/C17H17ClFNO3/c1-10(15(21)11-6-8-12(19)9-7-11)20-17(23)16(22)13-4-2-3-5-14(13)18/h2-10,15-16,21-22H,1H3,(H,20,23)/t10-,15-,16+/m0/s1. The van der Waals surface area contributed by atoms with Crippen LogP contribution in [0.25, 0.3) is 0 Å².